The van der Waals surface area contributed by atoms with Crippen molar-refractivity contribution in [1.29, 1.82) is 0 Å². The largest absolute Gasteiger partial charge is 0.481 e. The predicted molar refractivity (Wildman–Crippen MR) is 80.1 cm³/mol. The van der Waals surface area contributed by atoms with E-state index in [1.165, 1.54) is 7.11 Å². The molecule has 0 aromatic carbocycles. The summed E-state index contributed by atoms with van der Waals surface area (Å²) >= 11 is 0. The van der Waals surface area contributed by atoms with Gasteiger partial charge in [-0.15, -0.1) is 0 Å². The zero-order valence-electron chi connectivity index (χ0n) is 13.3. The van der Waals surface area contributed by atoms with E-state index in [2.05, 4.69) is 15.0 Å². The zero-order valence-corrected chi connectivity index (χ0v) is 13.3. The van der Waals surface area contributed by atoms with Gasteiger partial charge in [-0.05, 0) is 25.2 Å². The quantitative estimate of drug-likeness (QED) is 0.650. The molecule has 21 heavy (non-hydrogen) atoms. The smallest absolute Gasteiger partial charge is 0.319 e. The maximum absolute atomic E-state index is 11.2. The number of carboxylic acid groups (broad SMARTS) is 1. The molecular formula is C15H28N2O4. The molecule has 0 radical (unpaired) electrons. The highest BCUT2D eigenvalue weighted by Crippen LogP contribution is 2.14. The van der Waals surface area contributed by atoms with Gasteiger partial charge in [0, 0.05) is 25.7 Å². The SMILES string of the molecule is COC(=O)CN1CCC(NCC(CC(C)C)C(=O)O)CC1. The molecule has 0 amide bonds. The summed E-state index contributed by atoms with van der Waals surface area (Å²) in [4.78, 5) is 24.5. The molecule has 0 aromatic heterocycles. The van der Waals surface area contributed by atoms with E-state index < -0.39 is 5.97 Å². The van der Waals surface area contributed by atoms with Crippen molar-refractivity contribution in [3.05, 3.63) is 0 Å². The molecule has 6 nitrogen and oxygen atoms in total. The second-order valence-electron chi connectivity index (χ2n) is 6.20. The Morgan fingerprint density at radius 3 is 2.43 bits per heavy atom. The van der Waals surface area contributed by atoms with Gasteiger partial charge in [0.1, 0.15) is 0 Å². The molecule has 122 valence electrons. The lowest BCUT2D eigenvalue weighted by molar-refractivity contribution is -0.143. The van der Waals surface area contributed by atoms with Gasteiger partial charge in [-0.3, -0.25) is 14.5 Å². The van der Waals surface area contributed by atoms with E-state index in [9.17, 15) is 14.7 Å². The lowest BCUT2D eigenvalue weighted by Crippen LogP contribution is -2.46. The third kappa shape index (κ3) is 6.91. The summed E-state index contributed by atoms with van der Waals surface area (Å²) in [5, 5.41) is 12.6. The van der Waals surface area contributed by atoms with E-state index in [0.29, 0.717) is 31.5 Å². The highest BCUT2D eigenvalue weighted by atomic mass is 16.5. The van der Waals surface area contributed by atoms with Crippen molar-refractivity contribution in [3.63, 3.8) is 0 Å². The van der Waals surface area contributed by atoms with Gasteiger partial charge in [-0.2, -0.15) is 0 Å². The Morgan fingerprint density at radius 1 is 1.33 bits per heavy atom. The van der Waals surface area contributed by atoms with Crippen molar-refractivity contribution in [2.24, 2.45) is 11.8 Å². The summed E-state index contributed by atoms with van der Waals surface area (Å²) in [5.41, 5.74) is 0. The van der Waals surface area contributed by atoms with Crippen molar-refractivity contribution < 1.29 is 19.4 Å². The molecule has 1 fully saturated rings. The molecule has 2 N–H and O–H groups in total. The number of esters is 1. The number of likely N-dealkylation sites (tertiary alicyclic amines) is 1. The number of rotatable bonds is 8. The summed E-state index contributed by atoms with van der Waals surface area (Å²) in [6.07, 6.45) is 2.57. The first kappa shape index (κ1) is 17.9. The van der Waals surface area contributed by atoms with Gasteiger partial charge in [0.15, 0.2) is 0 Å². The third-order valence-corrected chi connectivity index (χ3v) is 3.93. The van der Waals surface area contributed by atoms with Crippen LogP contribution in [-0.2, 0) is 14.3 Å². The van der Waals surface area contributed by atoms with Crippen LogP contribution in [0.15, 0.2) is 0 Å². The molecule has 1 aliphatic heterocycles. The number of nitrogens with zero attached hydrogens (tertiary/aromatic N) is 1. The Labute approximate surface area is 126 Å². The van der Waals surface area contributed by atoms with E-state index >= 15 is 0 Å². The second-order valence-corrected chi connectivity index (χ2v) is 6.20. The van der Waals surface area contributed by atoms with Gasteiger partial charge in [0.2, 0.25) is 0 Å². The molecule has 1 unspecified atom stereocenters. The van der Waals surface area contributed by atoms with Crippen molar-refractivity contribution in [2.75, 3.05) is 33.3 Å². The van der Waals surface area contributed by atoms with Crippen molar-refractivity contribution in [3.8, 4) is 0 Å². The minimum atomic E-state index is -0.723. The minimum absolute atomic E-state index is 0.204. The number of aliphatic carboxylic acids is 1. The average Bonchev–Trinajstić information content (AvgIpc) is 2.44. The molecule has 1 saturated heterocycles. The van der Waals surface area contributed by atoms with Crippen LogP contribution >= 0.6 is 0 Å². The average molecular weight is 300 g/mol. The van der Waals surface area contributed by atoms with Crippen molar-refractivity contribution >= 4 is 11.9 Å². The van der Waals surface area contributed by atoms with Crippen molar-refractivity contribution in [2.45, 2.75) is 39.2 Å². The summed E-state index contributed by atoms with van der Waals surface area (Å²) in [7, 11) is 1.40. The number of carbonyl (C=O) groups excluding carboxylic acids is 1. The van der Waals surface area contributed by atoms with Gasteiger partial charge >= 0.3 is 11.9 Å². The first-order chi connectivity index (χ1) is 9.92. The van der Waals surface area contributed by atoms with Crippen LogP contribution in [0.25, 0.3) is 0 Å². The van der Waals surface area contributed by atoms with Gasteiger partial charge < -0.3 is 15.2 Å². The lowest BCUT2D eigenvalue weighted by atomic mass is 9.96. The number of ether oxygens (including phenoxy) is 1. The fourth-order valence-electron chi connectivity index (χ4n) is 2.69. The van der Waals surface area contributed by atoms with Crippen LogP contribution in [0.4, 0.5) is 0 Å². The number of piperidine rings is 1. The van der Waals surface area contributed by atoms with Crippen LogP contribution in [-0.4, -0.2) is 61.3 Å². The third-order valence-electron chi connectivity index (χ3n) is 3.93. The molecule has 1 rings (SSSR count). The maximum atomic E-state index is 11.2. The zero-order chi connectivity index (χ0) is 15.8. The summed E-state index contributed by atoms with van der Waals surface area (Å²) in [6.45, 7) is 6.63. The number of nitrogens with one attached hydrogen (secondary N) is 1. The maximum Gasteiger partial charge on any atom is 0.319 e. The summed E-state index contributed by atoms with van der Waals surface area (Å²) < 4.78 is 4.66. The molecule has 6 heteroatoms. The highest BCUT2D eigenvalue weighted by molar-refractivity contribution is 5.71. The van der Waals surface area contributed by atoms with Crippen LogP contribution < -0.4 is 5.32 Å². The van der Waals surface area contributed by atoms with Crippen LogP contribution in [0.2, 0.25) is 0 Å². The summed E-state index contributed by atoms with van der Waals surface area (Å²) in [5.74, 6) is -0.864. The van der Waals surface area contributed by atoms with Crippen LogP contribution in [0.3, 0.4) is 0 Å². The Kier molecular flexibility index (Phi) is 7.67. The summed E-state index contributed by atoms with van der Waals surface area (Å²) in [6, 6.07) is 0.341. The first-order valence-electron chi connectivity index (χ1n) is 7.67. The molecule has 0 aromatic rings. The minimum Gasteiger partial charge on any atom is -0.481 e. The van der Waals surface area contributed by atoms with E-state index in [-0.39, 0.29) is 11.9 Å². The monoisotopic (exact) mass is 300 g/mol. The fourth-order valence-corrected chi connectivity index (χ4v) is 2.69. The van der Waals surface area contributed by atoms with E-state index in [4.69, 9.17) is 0 Å². The molecule has 1 atom stereocenters. The number of carboxylic acids is 1. The van der Waals surface area contributed by atoms with Crippen molar-refractivity contribution in [1.82, 2.24) is 10.2 Å². The standard InChI is InChI=1S/C15H28N2O4/c1-11(2)8-12(15(19)20)9-16-13-4-6-17(7-5-13)10-14(18)21-3/h11-13,16H,4-10H2,1-3H3,(H,19,20). The number of carbonyl (C=O) groups is 2. The molecule has 0 aliphatic carbocycles. The number of hydrogen-bond acceptors (Lipinski definition) is 5. The second kappa shape index (κ2) is 9.00. The normalized spacial score (nSPS) is 18.7. The Balaban J connectivity index is 2.28. The van der Waals surface area contributed by atoms with Crippen LogP contribution in [0.5, 0.6) is 0 Å². The fraction of sp³-hybridized carbons (Fsp3) is 0.867. The van der Waals surface area contributed by atoms with E-state index in [0.717, 1.165) is 25.9 Å². The topological polar surface area (TPSA) is 78.9 Å². The first-order valence-corrected chi connectivity index (χ1v) is 7.67. The molecule has 0 saturated carbocycles. The van der Waals surface area contributed by atoms with Gasteiger partial charge in [0.05, 0.1) is 19.6 Å². The molecule has 1 aliphatic rings. The van der Waals surface area contributed by atoms with Gasteiger partial charge in [-0.25, -0.2) is 0 Å². The molecule has 0 spiro atoms. The molecule has 1 heterocycles. The molecule has 0 bridgehead atoms. The Hall–Kier alpha value is -1.14. The number of hydrogen-bond donors (Lipinski definition) is 2. The Morgan fingerprint density at radius 2 is 1.95 bits per heavy atom. The van der Waals surface area contributed by atoms with Gasteiger partial charge in [-0.1, -0.05) is 13.8 Å². The van der Waals surface area contributed by atoms with E-state index in [1.54, 1.807) is 0 Å². The van der Waals surface area contributed by atoms with Gasteiger partial charge in [0.25, 0.3) is 0 Å². The van der Waals surface area contributed by atoms with E-state index in [1.807, 2.05) is 13.8 Å². The number of methoxy groups -OCH3 is 1. The highest BCUT2D eigenvalue weighted by Gasteiger charge is 2.24. The lowest BCUT2D eigenvalue weighted by Gasteiger charge is -2.32. The molecular weight excluding hydrogens is 272 g/mol. The van der Waals surface area contributed by atoms with Crippen LogP contribution in [0.1, 0.15) is 33.1 Å². The van der Waals surface area contributed by atoms with Crippen LogP contribution in [0, 0.1) is 11.8 Å². The predicted octanol–water partition coefficient (Wildman–Crippen LogP) is 0.960. The Bertz CT molecular complexity index is 339.